The molecule has 0 bridgehead atoms. The van der Waals surface area contributed by atoms with Gasteiger partial charge in [0.1, 0.15) is 17.7 Å². The molecule has 2 amide bonds. The van der Waals surface area contributed by atoms with E-state index in [9.17, 15) is 19.5 Å². The fraction of sp³-hybridized carbons (Fsp3) is 0.833. The quantitative estimate of drug-likeness (QED) is 0.665. The van der Waals surface area contributed by atoms with Crippen LogP contribution in [-0.4, -0.2) is 78.4 Å². The molecule has 8 nitrogen and oxygen atoms in total. The van der Waals surface area contributed by atoms with Gasteiger partial charge in [-0.25, -0.2) is 9.59 Å². The molecule has 0 aromatic carbocycles. The zero-order valence-electron chi connectivity index (χ0n) is 17.2. The van der Waals surface area contributed by atoms with Crippen molar-refractivity contribution in [2.75, 3.05) is 27.8 Å². The minimum absolute atomic E-state index is 0.129. The van der Waals surface area contributed by atoms with E-state index in [1.807, 2.05) is 13.8 Å². The van der Waals surface area contributed by atoms with Gasteiger partial charge in [0.2, 0.25) is 5.91 Å². The highest BCUT2D eigenvalue weighted by atomic mass is 16.6. The van der Waals surface area contributed by atoms with Crippen LogP contribution < -0.4 is 0 Å². The SMILES string of the molecule is COCCC(C(=O)O)N(C)C(=O)C(CC(C)C)N(C)C(=O)OC(C)(C)C. The Morgan fingerprint density at radius 2 is 1.58 bits per heavy atom. The first-order valence-electron chi connectivity index (χ1n) is 8.76. The highest BCUT2D eigenvalue weighted by Crippen LogP contribution is 2.18. The summed E-state index contributed by atoms with van der Waals surface area (Å²) in [5, 5.41) is 9.43. The van der Waals surface area contributed by atoms with Crippen molar-refractivity contribution in [3.63, 3.8) is 0 Å². The maximum atomic E-state index is 13.0. The Kier molecular flexibility index (Phi) is 9.62. The monoisotopic (exact) mass is 374 g/mol. The lowest BCUT2D eigenvalue weighted by Gasteiger charge is -2.35. The normalized spacial score (nSPS) is 13.9. The summed E-state index contributed by atoms with van der Waals surface area (Å²) >= 11 is 0. The van der Waals surface area contributed by atoms with Crippen LogP contribution in [0.5, 0.6) is 0 Å². The molecule has 0 aromatic rings. The van der Waals surface area contributed by atoms with E-state index in [2.05, 4.69) is 0 Å². The van der Waals surface area contributed by atoms with Crippen molar-refractivity contribution >= 4 is 18.0 Å². The van der Waals surface area contributed by atoms with E-state index in [1.54, 1.807) is 20.8 Å². The highest BCUT2D eigenvalue weighted by molar-refractivity contribution is 5.89. The summed E-state index contributed by atoms with van der Waals surface area (Å²) in [7, 11) is 4.41. The second kappa shape index (κ2) is 10.4. The number of hydrogen-bond acceptors (Lipinski definition) is 5. The van der Waals surface area contributed by atoms with Crippen LogP contribution in [0.4, 0.5) is 4.79 Å². The van der Waals surface area contributed by atoms with Gasteiger partial charge in [-0.1, -0.05) is 13.8 Å². The molecule has 0 aliphatic rings. The number of amides is 2. The summed E-state index contributed by atoms with van der Waals surface area (Å²) in [6.45, 7) is 9.32. The molecule has 0 rings (SSSR count). The Morgan fingerprint density at radius 3 is 1.96 bits per heavy atom. The van der Waals surface area contributed by atoms with Crippen molar-refractivity contribution in [1.29, 1.82) is 0 Å². The van der Waals surface area contributed by atoms with Crippen molar-refractivity contribution in [3.05, 3.63) is 0 Å². The van der Waals surface area contributed by atoms with E-state index < -0.39 is 35.7 Å². The van der Waals surface area contributed by atoms with Crippen LogP contribution in [0.2, 0.25) is 0 Å². The molecule has 0 saturated carbocycles. The first kappa shape index (κ1) is 24.2. The predicted octanol–water partition coefficient (Wildman–Crippen LogP) is 2.22. The molecule has 26 heavy (non-hydrogen) atoms. The smallest absolute Gasteiger partial charge is 0.410 e. The molecule has 152 valence electrons. The topological polar surface area (TPSA) is 96.4 Å². The van der Waals surface area contributed by atoms with Crippen molar-refractivity contribution < 1.29 is 29.0 Å². The molecule has 0 spiro atoms. The molecular weight excluding hydrogens is 340 g/mol. The Morgan fingerprint density at radius 1 is 1.04 bits per heavy atom. The van der Waals surface area contributed by atoms with E-state index in [0.29, 0.717) is 6.42 Å². The van der Waals surface area contributed by atoms with Gasteiger partial charge in [0, 0.05) is 34.2 Å². The molecule has 0 fully saturated rings. The van der Waals surface area contributed by atoms with Crippen LogP contribution in [-0.2, 0) is 19.1 Å². The Bertz CT molecular complexity index is 487. The van der Waals surface area contributed by atoms with Crippen molar-refractivity contribution in [3.8, 4) is 0 Å². The first-order valence-corrected chi connectivity index (χ1v) is 8.76. The van der Waals surface area contributed by atoms with E-state index in [1.165, 1.54) is 31.0 Å². The minimum Gasteiger partial charge on any atom is -0.480 e. The van der Waals surface area contributed by atoms with Gasteiger partial charge in [-0.05, 0) is 33.1 Å². The average molecular weight is 374 g/mol. The van der Waals surface area contributed by atoms with E-state index in [0.717, 1.165) is 0 Å². The number of nitrogens with zero attached hydrogens (tertiary/aromatic N) is 2. The molecule has 2 unspecified atom stereocenters. The van der Waals surface area contributed by atoms with Gasteiger partial charge in [0.25, 0.3) is 0 Å². The van der Waals surface area contributed by atoms with Crippen LogP contribution in [0.25, 0.3) is 0 Å². The second-order valence-electron chi connectivity index (χ2n) is 7.82. The van der Waals surface area contributed by atoms with Crippen molar-refractivity contribution in [2.24, 2.45) is 5.92 Å². The molecular formula is C18H34N2O6. The number of carboxylic acid groups (broad SMARTS) is 1. The largest absolute Gasteiger partial charge is 0.480 e. The number of likely N-dealkylation sites (N-methyl/N-ethyl adjacent to an activating group) is 2. The number of carbonyl (C=O) groups is 3. The molecule has 0 aliphatic carbocycles. The standard InChI is InChI=1S/C18H34N2O6/c1-12(2)11-14(20(7)17(24)26-18(3,4)5)15(21)19(6)13(16(22)23)9-10-25-8/h12-14H,9-11H2,1-8H3,(H,22,23). The van der Waals surface area contributed by atoms with Gasteiger partial charge >= 0.3 is 12.1 Å². The Labute approximate surface area is 156 Å². The Balaban J connectivity index is 5.46. The number of methoxy groups -OCH3 is 1. The van der Waals surface area contributed by atoms with E-state index >= 15 is 0 Å². The number of hydrogen-bond donors (Lipinski definition) is 1. The molecule has 2 atom stereocenters. The molecule has 0 aromatic heterocycles. The van der Waals surface area contributed by atoms with E-state index in [4.69, 9.17) is 9.47 Å². The minimum atomic E-state index is -1.11. The first-order chi connectivity index (χ1) is 11.8. The average Bonchev–Trinajstić information content (AvgIpc) is 2.49. The van der Waals surface area contributed by atoms with Crippen LogP contribution in [0, 0.1) is 5.92 Å². The van der Waals surface area contributed by atoms with Gasteiger partial charge in [-0.3, -0.25) is 9.69 Å². The maximum Gasteiger partial charge on any atom is 0.410 e. The fourth-order valence-electron chi connectivity index (χ4n) is 2.43. The van der Waals surface area contributed by atoms with Crippen molar-refractivity contribution in [1.82, 2.24) is 9.80 Å². The van der Waals surface area contributed by atoms with Gasteiger partial charge in [0.15, 0.2) is 0 Å². The van der Waals surface area contributed by atoms with Gasteiger partial charge in [0.05, 0.1) is 0 Å². The van der Waals surface area contributed by atoms with Gasteiger partial charge in [-0.15, -0.1) is 0 Å². The molecule has 0 radical (unpaired) electrons. The lowest BCUT2D eigenvalue weighted by atomic mass is 10.0. The zero-order chi connectivity index (χ0) is 20.7. The Hall–Kier alpha value is -1.83. The number of carboxylic acids is 1. The zero-order valence-corrected chi connectivity index (χ0v) is 17.2. The van der Waals surface area contributed by atoms with Crippen LogP contribution in [0.3, 0.4) is 0 Å². The summed E-state index contributed by atoms with van der Waals surface area (Å²) in [5.41, 5.74) is -0.690. The number of carbonyl (C=O) groups excluding carboxylic acids is 2. The molecule has 0 aliphatic heterocycles. The summed E-state index contributed by atoms with van der Waals surface area (Å²) in [5.74, 6) is -1.42. The van der Waals surface area contributed by atoms with Crippen molar-refractivity contribution in [2.45, 2.75) is 65.1 Å². The summed E-state index contributed by atoms with van der Waals surface area (Å²) < 4.78 is 10.3. The predicted molar refractivity (Wildman–Crippen MR) is 97.9 cm³/mol. The maximum absolute atomic E-state index is 13.0. The third-order valence-corrected chi connectivity index (χ3v) is 3.82. The second-order valence-corrected chi connectivity index (χ2v) is 7.82. The molecule has 0 saturated heterocycles. The van der Waals surface area contributed by atoms with Gasteiger partial charge in [-0.2, -0.15) is 0 Å². The number of aliphatic carboxylic acids is 1. The van der Waals surface area contributed by atoms with Crippen LogP contribution >= 0.6 is 0 Å². The summed E-state index contributed by atoms with van der Waals surface area (Å²) in [4.78, 5) is 39.3. The third-order valence-electron chi connectivity index (χ3n) is 3.82. The van der Waals surface area contributed by atoms with E-state index in [-0.39, 0.29) is 18.9 Å². The van der Waals surface area contributed by atoms with Crippen LogP contribution in [0.1, 0.15) is 47.5 Å². The molecule has 0 heterocycles. The summed E-state index contributed by atoms with van der Waals surface area (Å²) in [6.07, 6.45) is -0.0533. The van der Waals surface area contributed by atoms with Gasteiger partial charge < -0.3 is 19.5 Å². The fourth-order valence-corrected chi connectivity index (χ4v) is 2.43. The lowest BCUT2D eigenvalue weighted by molar-refractivity contribution is -0.152. The summed E-state index contributed by atoms with van der Waals surface area (Å²) in [6, 6.07) is -1.83. The molecule has 1 N–H and O–H groups in total. The third kappa shape index (κ3) is 8.03. The highest BCUT2D eigenvalue weighted by Gasteiger charge is 2.36. The number of ether oxygens (including phenoxy) is 2. The number of rotatable bonds is 9. The lowest BCUT2D eigenvalue weighted by Crippen LogP contribution is -2.54. The molecule has 8 heteroatoms. The van der Waals surface area contributed by atoms with Crippen LogP contribution in [0.15, 0.2) is 0 Å².